The Morgan fingerprint density at radius 3 is 2.89 bits per heavy atom. The van der Waals surface area contributed by atoms with Crippen LogP contribution in [-0.4, -0.2) is 29.3 Å². The van der Waals surface area contributed by atoms with Crippen LogP contribution in [0.25, 0.3) is 0 Å². The summed E-state index contributed by atoms with van der Waals surface area (Å²) in [6, 6.07) is 7.12. The lowest BCUT2D eigenvalue weighted by Crippen LogP contribution is -2.10. The van der Waals surface area contributed by atoms with E-state index in [1.807, 2.05) is 19.2 Å². The van der Waals surface area contributed by atoms with Gasteiger partial charge in [0.25, 0.3) is 0 Å². The number of carbonyl (C=O) groups excluding carboxylic acids is 1. The van der Waals surface area contributed by atoms with E-state index in [4.69, 9.17) is 9.47 Å². The van der Waals surface area contributed by atoms with Gasteiger partial charge in [0.05, 0.1) is 18.7 Å². The SMILES string of the molecule is CCOc1cccc(C=O)c1OCCn1cccn1. The quantitative estimate of drug-likeness (QED) is 0.716. The molecule has 2 aromatic rings. The van der Waals surface area contributed by atoms with Gasteiger partial charge in [0.1, 0.15) is 6.61 Å². The fourth-order valence-electron chi connectivity index (χ4n) is 1.72. The average molecular weight is 260 g/mol. The summed E-state index contributed by atoms with van der Waals surface area (Å²) in [4.78, 5) is 11.0. The molecule has 100 valence electrons. The number of aromatic nitrogens is 2. The highest BCUT2D eigenvalue weighted by atomic mass is 16.5. The van der Waals surface area contributed by atoms with E-state index < -0.39 is 0 Å². The van der Waals surface area contributed by atoms with Crippen molar-refractivity contribution in [3.05, 3.63) is 42.2 Å². The standard InChI is InChI=1S/C14H16N2O3/c1-2-18-13-6-3-5-12(11-17)14(13)19-10-9-16-8-4-7-15-16/h3-8,11H,2,9-10H2,1H3. The molecule has 0 unspecified atom stereocenters. The van der Waals surface area contributed by atoms with Gasteiger partial charge in [-0.2, -0.15) is 5.10 Å². The molecule has 5 heteroatoms. The summed E-state index contributed by atoms with van der Waals surface area (Å²) in [7, 11) is 0. The molecule has 0 atom stereocenters. The highest BCUT2D eigenvalue weighted by molar-refractivity contribution is 5.81. The molecule has 0 aliphatic carbocycles. The van der Waals surface area contributed by atoms with Crippen LogP contribution >= 0.6 is 0 Å². The number of aldehydes is 1. The Morgan fingerprint density at radius 2 is 2.21 bits per heavy atom. The Labute approximate surface area is 111 Å². The van der Waals surface area contributed by atoms with Crippen molar-refractivity contribution in [3.63, 3.8) is 0 Å². The van der Waals surface area contributed by atoms with Crippen LogP contribution in [0, 0.1) is 0 Å². The highest BCUT2D eigenvalue weighted by Gasteiger charge is 2.10. The zero-order valence-electron chi connectivity index (χ0n) is 10.8. The first-order valence-electron chi connectivity index (χ1n) is 6.16. The Bertz CT molecular complexity index is 523. The van der Waals surface area contributed by atoms with Crippen LogP contribution in [0.5, 0.6) is 11.5 Å². The van der Waals surface area contributed by atoms with Crippen molar-refractivity contribution in [1.29, 1.82) is 0 Å². The van der Waals surface area contributed by atoms with Gasteiger partial charge in [-0.1, -0.05) is 6.07 Å². The number of benzene rings is 1. The van der Waals surface area contributed by atoms with E-state index in [0.29, 0.717) is 36.8 Å². The summed E-state index contributed by atoms with van der Waals surface area (Å²) >= 11 is 0. The molecule has 0 aliphatic heterocycles. The minimum atomic E-state index is 0.423. The van der Waals surface area contributed by atoms with Crippen molar-refractivity contribution >= 4 is 6.29 Å². The molecule has 0 aliphatic rings. The number of hydrogen-bond donors (Lipinski definition) is 0. The lowest BCUT2D eigenvalue weighted by molar-refractivity contribution is 0.111. The smallest absolute Gasteiger partial charge is 0.171 e. The molecule has 1 aromatic heterocycles. The average Bonchev–Trinajstić information content (AvgIpc) is 2.93. The zero-order valence-corrected chi connectivity index (χ0v) is 10.8. The van der Waals surface area contributed by atoms with Gasteiger partial charge in [-0.15, -0.1) is 0 Å². The van der Waals surface area contributed by atoms with E-state index in [1.54, 1.807) is 29.1 Å². The topological polar surface area (TPSA) is 53.4 Å². The molecular formula is C14H16N2O3. The zero-order chi connectivity index (χ0) is 13.5. The number of rotatable bonds is 7. The number of ether oxygens (including phenoxy) is 2. The van der Waals surface area contributed by atoms with Crippen LogP contribution in [0.4, 0.5) is 0 Å². The van der Waals surface area contributed by atoms with Gasteiger partial charge >= 0.3 is 0 Å². The second-order valence-electron chi connectivity index (χ2n) is 3.84. The highest BCUT2D eigenvalue weighted by Crippen LogP contribution is 2.30. The third-order valence-corrected chi connectivity index (χ3v) is 2.56. The molecule has 0 N–H and O–H groups in total. The Morgan fingerprint density at radius 1 is 1.32 bits per heavy atom. The lowest BCUT2D eigenvalue weighted by Gasteiger charge is -2.13. The van der Waals surface area contributed by atoms with Crippen LogP contribution in [-0.2, 0) is 6.54 Å². The maximum absolute atomic E-state index is 11.0. The minimum Gasteiger partial charge on any atom is -0.490 e. The normalized spacial score (nSPS) is 10.2. The van der Waals surface area contributed by atoms with E-state index in [2.05, 4.69) is 5.10 Å². The van der Waals surface area contributed by atoms with Crippen molar-refractivity contribution in [1.82, 2.24) is 9.78 Å². The summed E-state index contributed by atoms with van der Waals surface area (Å²) < 4.78 is 12.9. The van der Waals surface area contributed by atoms with Gasteiger partial charge in [0.15, 0.2) is 17.8 Å². The summed E-state index contributed by atoms with van der Waals surface area (Å²) in [6.07, 6.45) is 4.34. The fraction of sp³-hybridized carbons (Fsp3) is 0.286. The van der Waals surface area contributed by atoms with E-state index >= 15 is 0 Å². The van der Waals surface area contributed by atoms with Crippen molar-refractivity contribution in [3.8, 4) is 11.5 Å². The minimum absolute atomic E-state index is 0.423. The molecular weight excluding hydrogens is 244 g/mol. The van der Waals surface area contributed by atoms with E-state index in [-0.39, 0.29) is 0 Å². The molecule has 0 amide bonds. The molecule has 0 saturated heterocycles. The second-order valence-corrected chi connectivity index (χ2v) is 3.84. The molecule has 19 heavy (non-hydrogen) atoms. The van der Waals surface area contributed by atoms with Crippen LogP contribution in [0.2, 0.25) is 0 Å². The Balaban J connectivity index is 2.06. The van der Waals surface area contributed by atoms with E-state index in [1.165, 1.54) is 0 Å². The summed E-state index contributed by atoms with van der Waals surface area (Å²) in [5.41, 5.74) is 0.492. The fourth-order valence-corrected chi connectivity index (χ4v) is 1.72. The number of hydrogen-bond acceptors (Lipinski definition) is 4. The molecule has 1 aromatic carbocycles. The lowest BCUT2D eigenvalue weighted by atomic mass is 10.2. The van der Waals surface area contributed by atoms with Gasteiger partial charge in [0.2, 0.25) is 0 Å². The monoisotopic (exact) mass is 260 g/mol. The third-order valence-electron chi connectivity index (χ3n) is 2.56. The largest absolute Gasteiger partial charge is 0.490 e. The predicted octanol–water partition coefficient (Wildman–Crippen LogP) is 2.17. The van der Waals surface area contributed by atoms with Crippen LogP contribution in [0.3, 0.4) is 0 Å². The van der Waals surface area contributed by atoms with Crippen molar-refractivity contribution in [2.24, 2.45) is 0 Å². The van der Waals surface area contributed by atoms with Gasteiger partial charge in [-0.3, -0.25) is 9.48 Å². The Hall–Kier alpha value is -2.30. The third kappa shape index (κ3) is 3.34. The van der Waals surface area contributed by atoms with E-state index in [0.717, 1.165) is 6.29 Å². The molecule has 0 spiro atoms. The molecule has 0 saturated carbocycles. The van der Waals surface area contributed by atoms with Crippen molar-refractivity contribution < 1.29 is 14.3 Å². The number of nitrogens with zero attached hydrogens (tertiary/aromatic N) is 2. The summed E-state index contributed by atoms with van der Waals surface area (Å²) in [5, 5.41) is 4.08. The molecule has 5 nitrogen and oxygen atoms in total. The first kappa shape index (κ1) is 13.1. The summed E-state index contributed by atoms with van der Waals surface area (Å²) in [6.45, 7) is 3.46. The maximum atomic E-state index is 11.0. The molecule has 0 bridgehead atoms. The molecule has 0 fully saturated rings. The van der Waals surface area contributed by atoms with Gasteiger partial charge < -0.3 is 9.47 Å². The Kier molecular flexibility index (Phi) is 4.55. The summed E-state index contributed by atoms with van der Waals surface area (Å²) in [5.74, 6) is 1.08. The van der Waals surface area contributed by atoms with Gasteiger partial charge in [-0.25, -0.2) is 0 Å². The first-order chi connectivity index (χ1) is 9.35. The van der Waals surface area contributed by atoms with Gasteiger partial charge in [-0.05, 0) is 25.1 Å². The van der Waals surface area contributed by atoms with Gasteiger partial charge in [0, 0.05) is 12.4 Å². The molecule has 1 heterocycles. The number of para-hydroxylation sites is 1. The molecule has 2 rings (SSSR count). The van der Waals surface area contributed by atoms with Crippen molar-refractivity contribution in [2.75, 3.05) is 13.2 Å². The maximum Gasteiger partial charge on any atom is 0.171 e. The number of carbonyl (C=O) groups is 1. The molecule has 0 radical (unpaired) electrons. The first-order valence-corrected chi connectivity index (χ1v) is 6.16. The van der Waals surface area contributed by atoms with Crippen LogP contribution < -0.4 is 9.47 Å². The van der Waals surface area contributed by atoms with Crippen molar-refractivity contribution in [2.45, 2.75) is 13.5 Å². The van der Waals surface area contributed by atoms with Crippen LogP contribution in [0.1, 0.15) is 17.3 Å². The second kappa shape index (κ2) is 6.58. The van der Waals surface area contributed by atoms with E-state index in [9.17, 15) is 4.79 Å². The van der Waals surface area contributed by atoms with Crippen LogP contribution in [0.15, 0.2) is 36.7 Å². The predicted molar refractivity (Wildman–Crippen MR) is 70.7 cm³/mol.